The largest absolute Gasteiger partial charge is 0.143 e. The van der Waals surface area contributed by atoms with Crippen LogP contribution in [0.3, 0.4) is 0 Å². The third-order valence-corrected chi connectivity index (χ3v) is 6.59. The van der Waals surface area contributed by atoms with Gasteiger partial charge in [-0.05, 0) is 52.6 Å². The van der Waals surface area contributed by atoms with Crippen molar-refractivity contribution in [3.05, 3.63) is 83.1 Å². The van der Waals surface area contributed by atoms with Crippen molar-refractivity contribution in [2.75, 3.05) is 0 Å². The number of fused-ring (bicyclic) bond motifs is 2. The van der Waals surface area contributed by atoms with Gasteiger partial charge >= 0.3 is 0 Å². The second-order valence-electron chi connectivity index (χ2n) is 6.38. The molecule has 0 spiro atoms. The van der Waals surface area contributed by atoms with Crippen LogP contribution in [0.2, 0.25) is 0 Å². The van der Waals surface area contributed by atoms with Gasteiger partial charge in [0, 0.05) is 31.3 Å². The average Bonchev–Trinajstić information content (AvgIpc) is 3.25. The first-order valence-corrected chi connectivity index (χ1v) is 10.1. The van der Waals surface area contributed by atoms with Crippen LogP contribution in [0.5, 0.6) is 0 Å². The highest BCUT2D eigenvalue weighted by atomic mass is 32.1. The molecule has 2 heterocycles. The quantitative estimate of drug-likeness (QED) is 0.303. The molecular weight excluding hydrogens is 340 g/mol. The molecule has 2 aromatic heterocycles. The van der Waals surface area contributed by atoms with Crippen molar-refractivity contribution in [1.29, 1.82) is 0 Å². The van der Waals surface area contributed by atoms with Crippen LogP contribution < -0.4 is 0 Å². The van der Waals surface area contributed by atoms with E-state index >= 15 is 0 Å². The molecule has 0 atom stereocenters. The monoisotopic (exact) mass is 356 g/mol. The predicted molar refractivity (Wildman–Crippen MR) is 113 cm³/mol. The van der Waals surface area contributed by atoms with Gasteiger partial charge in [-0.2, -0.15) is 0 Å². The van der Waals surface area contributed by atoms with E-state index in [1.165, 1.54) is 48.0 Å². The molecule has 0 unspecified atom stereocenters. The summed E-state index contributed by atoms with van der Waals surface area (Å²) in [4.78, 5) is 0. The van der Waals surface area contributed by atoms with Crippen molar-refractivity contribution in [2.24, 2.45) is 0 Å². The van der Waals surface area contributed by atoms with Crippen LogP contribution in [0.25, 0.3) is 42.4 Å². The molecule has 0 fully saturated rings. The Morgan fingerprint density at radius 2 is 1.08 bits per heavy atom. The van der Waals surface area contributed by atoms with E-state index in [0.29, 0.717) is 0 Å². The van der Waals surface area contributed by atoms with Gasteiger partial charge in [0.1, 0.15) is 0 Å². The van der Waals surface area contributed by atoms with Crippen molar-refractivity contribution >= 4 is 42.8 Å². The van der Waals surface area contributed by atoms with Crippen LogP contribution >= 0.6 is 22.7 Å². The lowest BCUT2D eigenvalue weighted by atomic mass is 9.96. The van der Waals surface area contributed by atoms with Crippen LogP contribution in [0, 0.1) is 6.92 Å². The van der Waals surface area contributed by atoms with Gasteiger partial charge in [0.25, 0.3) is 0 Å². The molecule has 3 aromatic carbocycles. The molecule has 2 heteroatoms. The second-order valence-corrected chi connectivity index (χ2v) is 8.20. The predicted octanol–water partition coefficient (Wildman–Crippen LogP) is 7.76. The molecule has 0 aliphatic heterocycles. The van der Waals surface area contributed by atoms with Crippen LogP contribution in [0.4, 0.5) is 0 Å². The Morgan fingerprint density at radius 1 is 0.600 bits per heavy atom. The molecular formula is C23H16S2. The van der Waals surface area contributed by atoms with E-state index in [-0.39, 0.29) is 0 Å². The summed E-state index contributed by atoms with van der Waals surface area (Å²) in [6, 6.07) is 24.3. The van der Waals surface area contributed by atoms with Gasteiger partial charge in [-0.25, -0.2) is 0 Å². The van der Waals surface area contributed by atoms with E-state index in [0.717, 1.165) is 0 Å². The van der Waals surface area contributed by atoms with Crippen LogP contribution in [0.1, 0.15) is 5.56 Å². The summed E-state index contributed by atoms with van der Waals surface area (Å²) >= 11 is 3.65. The standard InChI is InChI=1S/C23H16S2/c1-15-10-16(20-13-24-22-8-4-2-6-18(20)22)12-17(11-15)21-14-25-23-9-5-3-7-19(21)23/h2-14H,1H3. The highest BCUT2D eigenvalue weighted by Gasteiger charge is 2.11. The molecule has 0 saturated carbocycles. The SMILES string of the molecule is Cc1cc(-c2csc3ccccc23)cc(-c2csc3ccccc23)c1. The molecule has 5 aromatic rings. The molecule has 0 nitrogen and oxygen atoms in total. The van der Waals surface area contributed by atoms with Gasteiger partial charge in [-0.3, -0.25) is 0 Å². The zero-order valence-corrected chi connectivity index (χ0v) is 15.5. The Morgan fingerprint density at radius 3 is 1.60 bits per heavy atom. The summed E-state index contributed by atoms with van der Waals surface area (Å²) in [5.41, 5.74) is 6.60. The molecule has 0 N–H and O–H groups in total. The Hall–Kier alpha value is -2.42. The number of hydrogen-bond acceptors (Lipinski definition) is 2. The molecule has 0 saturated heterocycles. The maximum Gasteiger partial charge on any atom is 0.0349 e. The fraction of sp³-hybridized carbons (Fsp3) is 0.0435. The molecule has 25 heavy (non-hydrogen) atoms. The van der Waals surface area contributed by atoms with E-state index in [4.69, 9.17) is 0 Å². The third-order valence-electron chi connectivity index (χ3n) is 4.66. The summed E-state index contributed by atoms with van der Waals surface area (Å²) < 4.78 is 2.70. The fourth-order valence-corrected chi connectivity index (χ4v) is 5.44. The average molecular weight is 357 g/mol. The van der Waals surface area contributed by atoms with Crippen LogP contribution in [0.15, 0.2) is 77.5 Å². The molecule has 5 rings (SSSR count). The number of thiophene rings is 2. The molecule has 120 valence electrons. The van der Waals surface area contributed by atoms with Gasteiger partial charge in [-0.15, -0.1) is 22.7 Å². The van der Waals surface area contributed by atoms with Crippen molar-refractivity contribution in [3.8, 4) is 22.3 Å². The first-order chi connectivity index (χ1) is 12.3. The summed E-state index contributed by atoms with van der Waals surface area (Å²) in [6.45, 7) is 2.19. The summed E-state index contributed by atoms with van der Waals surface area (Å²) in [5, 5.41) is 7.27. The first-order valence-electron chi connectivity index (χ1n) is 8.34. The third kappa shape index (κ3) is 2.50. The Balaban J connectivity index is 1.73. The fourth-order valence-electron chi connectivity index (χ4n) is 3.50. The minimum Gasteiger partial charge on any atom is -0.143 e. The van der Waals surface area contributed by atoms with Gasteiger partial charge in [0.05, 0.1) is 0 Å². The maximum absolute atomic E-state index is 2.34. The lowest BCUT2D eigenvalue weighted by molar-refractivity contribution is 1.47. The lowest BCUT2D eigenvalue weighted by Crippen LogP contribution is -1.83. The van der Waals surface area contributed by atoms with Crippen molar-refractivity contribution < 1.29 is 0 Å². The number of aryl methyl sites for hydroxylation is 1. The minimum atomic E-state index is 1.30. The van der Waals surface area contributed by atoms with Gasteiger partial charge in [0.2, 0.25) is 0 Å². The maximum atomic E-state index is 2.34. The summed E-state index contributed by atoms with van der Waals surface area (Å²) in [6.07, 6.45) is 0. The highest BCUT2D eigenvalue weighted by molar-refractivity contribution is 7.18. The van der Waals surface area contributed by atoms with E-state index in [9.17, 15) is 0 Å². The van der Waals surface area contributed by atoms with Crippen molar-refractivity contribution in [1.82, 2.24) is 0 Å². The highest BCUT2D eigenvalue weighted by Crippen LogP contribution is 2.39. The van der Waals surface area contributed by atoms with Gasteiger partial charge in [-0.1, -0.05) is 48.5 Å². The Bertz CT molecular complexity index is 1110. The normalized spacial score (nSPS) is 11.4. The number of benzene rings is 3. The van der Waals surface area contributed by atoms with Crippen LogP contribution in [-0.2, 0) is 0 Å². The molecule has 0 amide bonds. The lowest BCUT2D eigenvalue weighted by Gasteiger charge is -2.07. The van der Waals surface area contributed by atoms with E-state index in [1.54, 1.807) is 0 Å². The molecule has 0 bridgehead atoms. The number of hydrogen-bond donors (Lipinski definition) is 0. The smallest absolute Gasteiger partial charge is 0.0349 e. The Labute approximate surface area is 155 Å². The van der Waals surface area contributed by atoms with E-state index < -0.39 is 0 Å². The van der Waals surface area contributed by atoms with Crippen molar-refractivity contribution in [3.63, 3.8) is 0 Å². The first kappa shape index (κ1) is 14.9. The van der Waals surface area contributed by atoms with Crippen LogP contribution in [-0.4, -0.2) is 0 Å². The molecule has 0 aliphatic carbocycles. The second kappa shape index (κ2) is 5.83. The zero-order chi connectivity index (χ0) is 16.8. The molecule has 0 radical (unpaired) electrons. The van der Waals surface area contributed by atoms with Gasteiger partial charge in [0.15, 0.2) is 0 Å². The topological polar surface area (TPSA) is 0 Å². The minimum absolute atomic E-state index is 1.30. The zero-order valence-electron chi connectivity index (χ0n) is 13.8. The van der Waals surface area contributed by atoms with Gasteiger partial charge < -0.3 is 0 Å². The van der Waals surface area contributed by atoms with Crippen molar-refractivity contribution in [2.45, 2.75) is 6.92 Å². The molecule has 0 aliphatic rings. The van der Waals surface area contributed by atoms with E-state index in [2.05, 4.69) is 84.4 Å². The summed E-state index contributed by atoms with van der Waals surface area (Å²) in [5.74, 6) is 0. The van der Waals surface area contributed by atoms with E-state index in [1.807, 2.05) is 22.7 Å². The Kier molecular flexibility index (Phi) is 3.47. The summed E-state index contributed by atoms with van der Waals surface area (Å²) in [7, 11) is 0. The number of rotatable bonds is 2.